The predicted octanol–water partition coefficient (Wildman–Crippen LogP) is 2.07. The summed E-state index contributed by atoms with van der Waals surface area (Å²) in [6.45, 7) is 4.22. The van der Waals surface area contributed by atoms with Crippen molar-refractivity contribution in [3.05, 3.63) is 0 Å². The largest absolute Gasteiger partial charge is 0.125 e. The third-order valence-corrected chi connectivity index (χ3v) is 1.68. The molecule has 1 unspecified atom stereocenters. The fraction of sp³-hybridized carbons (Fsp3) is 0.800. The quantitative estimate of drug-likeness (QED) is 0.420. The van der Waals surface area contributed by atoms with Crippen molar-refractivity contribution in [3.8, 4) is 0 Å². The Hall–Kier alpha value is 0.520. The second-order valence-electron chi connectivity index (χ2n) is 1.56. The van der Waals surface area contributed by atoms with Crippen LogP contribution in [0.15, 0.2) is 0 Å². The van der Waals surface area contributed by atoms with Crippen LogP contribution in [0.25, 0.3) is 0 Å². The van der Waals surface area contributed by atoms with E-state index in [1.807, 2.05) is 6.92 Å². The lowest BCUT2D eigenvalue weighted by Gasteiger charge is -1.90. The van der Waals surface area contributed by atoms with Gasteiger partial charge in [0.2, 0.25) is 0 Å². The summed E-state index contributed by atoms with van der Waals surface area (Å²) in [7, 11) is 1.06. The summed E-state index contributed by atoms with van der Waals surface area (Å²) in [6, 6.07) is 0. The van der Waals surface area contributed by atoms with Gasteiger partial charge in [-0.2, -0.15) is 0 Å². The first-order valence-corrected chi connectivity index (χ1v) is 4.53. The molecule has 0 aromatic heterocycles. The second-order valence-corrected chi connectivity index (χ2v) is 3.46. The van der Waals surface area contributed by atoms with Crippen molar-refractivity contribution < 1.29 is 0 Å². The fourth-order valence-corrected chi connectivity index (χ4v) is 1.21. The third kappa shape index (κ3) is 6.52. The van der Waals surface area contributed by atoms with Crippen LogP contribution in [-0.4, -0.2) is 17.7 Å². The van der Waals surface area contributed by atoms with Crippen molar-refractivity contribution >= 4 is 25.7 Å². The number of hydrogen-bond donors (Lipinski definition) is 0. The van der Waals surface area contributed by atoms with Crippen LogP contribution in [0.1, 0.15) is 13.3 Å². The van der Waals surface area contributed by atoms with Crippen molar-refractivity contribution in [1.29, 1.82) is 0 Å². The maximum atomic E-state index is 4.87. The molecule has 0 amide bonds. The molecule has 0 bridgehead atoms. The summed E-state index contributed by atoms with van der Waals surface area (Å²) in [5, 5.41) is 0. The molecule has 0 rings (SSSR count). The molecule has 0 radical (unpaired) electrons. The molecule has 42 valence electrons. The molecule has 0 fully saturated rings. The van der Waals surface area contributed by atoms with Gasteiger partial charge in [-0.1, -0.05) is 12.2 Å². The summed E-state index contributed by atoms with van der Waals surface area (Å²) in [4.78, 5) is 1.15. The first-order valence-electron chi connectivity index (χ1n) is 2.41. The van der Waals surface area contributed by atoms with Crippen LogP contribution >= 0.6 is 20.8 Å². The molecular weight excluding hydrogens is 123 g/mol. The lowest BCUT2D eigenvalue weighted by Crippen LogP contribution is -1.85. The van der Waals surface area contributed by atoms with E-state index in [1.165, 1.54) is 6.16 Å². The highest BCUT2D eigenvalue weighted by Gasteiger charge is 1.83. The van der Waals surface area contributed by atoms with Gasteiger partial charge in [-0.05, 0) is 31.0 Å². The maximum Gasteiger partial charge on any atom is -0.00991 e. The molecule has 1 atom stereocenters. The number of rotatable bonds is 3. The number of hydrogen-bond acceptors (Lipinski definition) is 1. The highest BCUT2D eigenvalue weighted by Crippen LogP contribution is 2.03. The van der Waals surface area contributed by atoms with E-state index in [0.29, 0.717) is 0 Å². The van der Waals surface area contributed by atoms with Gasteiger partial charge < -0.3 is 0 Å². The molecule has 0 aliphatic heterocycles. The molecule has 0 spiro atoms. The fourth-order valence-electron chi connectivity index (χ4n) is 0.301. The zero-order valence-electron chi connectivity index (χ0n) is 4.82. The van der Waals surface area contributed by atoms with E-state index in [-0.39, 0.29) is 0 Å². The zero-order valence-corrected chi connectivity index (χ0v) is 6.64. The molecule has 7 heavy (non-hydrogen) atoms. The summed E-state index contributed by atoms with van der Waals surface area (Å²) >= 11 is 4.87. The molecule has 0 saturated carbocycles. The minimum absolute atomic E-state index is 1.06. The van der Waals surface area contributed by atoms with Crippen molar-refractivity contribution in [2.75, 3.05) is 12.8 Å². The van der Waals surface area contributed by atoms with Gasteiger partial charge in [-0.15, -0.1) is 8.58 Å². The van der Waals surface area contributed by atoms with Gasteiger partial charge in [0.25, 0.3) is 0 Å². The summed E-state index contributed by atoms with van der Waals surface area (Å²) < 4.78 is 0. The van der Waals surface area contributed by atoms with Crippen molar-refractivity contribution in [2.24, 2.45) is 0 Å². The van der Waals surface area contributed by atoms with Crippen LogP contribution in [0.5, 0.6) is 0 Å². The van der Waals surface area contributed by atoms with Gasteiger partial charge in [-0.3, -0.25) is 0 Å². The Morgan fingerprint density at radius 2 is 2.29 bits per heavy atom. The molecule has 0 aromatic carbocycles. The highest BCUT2D eigenvalue weighted by atomic mass is 32.1. The van der Waals surface area contributed by atoms with Crippen molar-refractivity contribution in [2.45, 2.75) is 13.3 Å². The Morgan fingerprint density at radius 1 is 1.71 bits per heavy atom. The Labute approximate surface area is 52.5 Å². The summed E-state index contributed by atoms with van der Waals surface area (Å²) in [5.74, 6) is 0. The molecule has 0 heterocycles. The minimum atomic E-state index is 1.06. The zero-order chi connectivity index (χ0) is 5.70. The van der Waals surface area contributed by atoms with Crippen LogP contribution in [-0.2, 0) is 0 Å². The molecule has 0 saturated heterocycles. The van der Waals surface area contributed by atoms with E-state index in [1.54, 1.807) is 0 Å². The van der Waals surface area contributed by atoms with E-state index in [4.69, 9.17) is 12.2 Å². The van der Waals surface area contributed by atoms with E-state index in [9.17, 15) is 0 Å². The summed E-state index contributed by atoms with van der Waals surface area (Å²) in [6.07, 6.45) is 2.43. The third-order valence-electron chi connectivity index (χ3n) is 0.727. The average molecular weight is 134 g/mol. The maximum absolute atomic E-state index is 4.87. The first-order chi connectivity index (χ1) is 3.27. The highest BCUT2D eigenvalue weighted by molar-refractivity contribution is 7.80. The second kappa shape index (κ2) is 4.67. The van der Waals surface area contributed by atoms with Gasteiger partial charge in [-0.25, -0.2) is 0 Å². The Bertz CT molecular complexity index is 61.1. The van der Waals surface area contributed by atoms with Crippen LogP contribution in [0.4, 0.5) is 0 Å². The van der Waals surface area contributed by atoms with Gasteiger partial charge >= 0.3 is 0 Å². The van der Waals surface area contributed by atoms with E-state index in [2.05, 4.69) is 6.66 Å². The van der Waals surface area contributed by atoms with Crippen molar-refractivity contribution in [3.63, 3.8) is 0 Å². The van der Waals surface area contributed by atoms with Crippen LogP contribution in [0.3, 0.4) is 0 Å². The number of thiocarbonyl (C=S) groups is 1. The topological polar surface area (TPSA) is 0 Å². The Kier molecular flexibility index (Phi) is 5.02. The molecule has 0 aliphatic rings. The molecule has 0 aromatic rings. The first kappa shape index (κ1) is 7.52. The molecule has 0 aliphatic carbocycles. The predicted molar refractivity (Wildman–Crippen MR) is 42.0 cm³/mol. The SMILES string of the molecule is CPCCC(C)=S. The van der Waals surface area contributed by atoms with Crippen molar-refractivity contribution in [1.82, 2.24) is 0 Å². The molecule has 2 heteroatoms. The van der Waals surface area contributed by atoms with E-state index >= 15 is 0 Å². The molecule has 0 nitrogen and oxygen atoms in total. The van der Waals surface area contributed by atoms with Gasteiger partial charge in [0, 0.05) is 0 Å². The van der Waals surface area contributed by atoms with Gasteiger partial charge in [0.15, 0.2) is 0 Å². The summed E-state index contributed by atoms with van der Waals surface area (Å²) in [5.41, 5.74) is 0. The monoisotopic (exact) mass is 134 g/mol. The Balaban J connectivity index is 2.82. The standard InChI is InChI=1S/C5H11PS/c1-5(7)3-4-6-2/h6H,3-4H2,1-2H3. The normalized spacial score (nSPS) is 10.6. The lowest BCUT2D eigenvalue weighted by molar-refractivity contribution is 1.32. The van der Waals surface area contributed by atoms with Crippen LogP contribution in [0.2, 0.25) is 0 Å². The molecule has 0 N–H and O–H groups in total. The van der Waals surface area contributed by atoms with Gasteiger partial charge in [0.1, 0.15) is 0 Å². The van der Waals surface area contributed by atoms with Gasteiger partial charge in [0.05, 0.1) is 0 Å². The smallest absolute Gasteiger partial charge is 0.00991 e. The van der Waals surface area contributed by atoms with Crippen LogP contribution in [0, 0.1) is 0 Å². The van der Waals surface area contributed by atoms with Crippen LogP contribution < -0.4 is 0 Å². The molecular formula is C5H11PS. The average Bonchev–Trinajstić information content (AvgIpc) is 1.61. The van der Waals surface area contributed by atoms with E-state index < -0.39 is 0 Å². The lowest BCUT2D eigenvalue weighted by atomic mass is 10.4. The van der Waals surface area contributed by atoms with E-state index in [0.717, 1.165) is 19.9 Å². The Morgan fingerprint density at radius 3 is 2.43 bits per heavy atom. The minimum Gasteiger partial charge on any atom is -0.125 e.